The minimum atomic E-state index is -1.43. The van der Waals surface area contributed by atoms with E-state index in [2.05, 4.69) is 15.3 Å². The molecule has 0 fully saturated rings. The molecular formula is C16H10ClF2N3O4. The van der Waals surface area contributed by atoms with Crippen LogP contribution in [0.5, 0.6) is 0 Å². The summed E-state index contributed by atoms with van der Waals surface area (Å²) in [5.41, 5.74) is -0.687. The van der Waals surface area contributed by atoms with Gasteiger partial charge in [-0.3, -0.25) is 0 Å². The number of halogens is 3. The van der Waals surface area contributed by atoms with E-state index < -0.39 is 29.4 Å². The quantitative estimate of drug-likeness (QED) is 0.673. The van der Waals surface area contributed by atoms with Crippen LogP contribution in [0.2, 0.25) is 5.15 Å². The Kier molecular flexibility index (Phi) is 4.81. The van der Waals surface area contributed by atoms with Crippen LogP contribution in [-0.4, -0.2) is 21.2 Å². The van der Waals surface area contributed by atoms with Crippen LogP contribution < -0.4 is 10.9 Å². The van der Waals surface area contributed by atoms with Crippen molar-refractivity contribution >= 4 is 28.7 Å². The van der Waals surface area contributed by atoms with Crippen LogP contribution in [0.25, 0.3) is 11.0 Å². The van der Waals surface area contributed by atoms with Gasteiger partial charge in [-0.2, -0.15) is 4.98 Å². The van der Waals surface area contributed by atoms with Crippen molar-refractivity contribution in [2.45, 2.75) is 12.5 Å². The topological polar surface area (TPSA) is 105 Å². The molecule has 3 rings (SSSR count). The largest absolute Gasteiger partial charge is 0.465 e. The highest BCUT2D eigenvalue weighted by molar-refractivity contribution is 6.29. The number of hydrogen-bond acceptors (Lipinski definition) is 5. The van der Waals surface area contributed by atoms with Gasteiger partial charge in [0.25, 0.3) is 0 Å². The number of hydrogen-bond donors (Lipinski definition) is 2. The smallest absolute Gasteiger partial charge is 0.405 e. The van der Waals surface area contributed by atoms with Gasteiger partial charge in [-0.15, -0.1) is 0 Å². The number of benzene rings is 1. The van der Waals surface area contributed by atoms with Crippen molar-refractivity contribution in [2.75, 3.05) is 0 Å². The highest BCUT2D eigenvalue weighted by Crippen LogP contribution is 2.20. The van der Waals surface area contributed by atoms with Gasteiger partial charge in [-0.25, -0.2) is 23.4 Å². The predicted molar refractivity (Wildman–Crippen MR) is 87.0 cm³/mol. The zero-order chi connectivity index (χ0) is 18.8. The van der Waals surface area contributed by atoms with Crippen molar-refractivity contribution in [3.05, 3.63) is 69.0 Å². The van der Waals surface area contributed by atoms with E-state index in [1.165, 1.54) is 12.1 Å². The molecule has 2 heterocycles. The number of nitrogens with zero attached hydrogens (tertiary/aromatic N) is 2. The molecule has 0 saturated carbocycles. The van der Waals surface area contributed by atoms with Crippen LogP contribution in [-0.2, 0) is 6.42 Å². The maximum Gasteiger partial charge on any atom is 0.405 e. The van der Waals surface area contributed by atoms with Gasteiger partial charge in [0.15, 0.2) is 5.65 Å². The molecule has 0 aliphatic heterocycles. The fourth-order valence-electron chi connectivity index (χ4n) is 2.41. The first kappa shape index (κ1) is 17.7. The third-order valence-corrected chi connectivity index (χ3v) is 3.64. The lowest BCUT2D eigenvalue weighted by Crippen LogP contribution is -2.30. The number of amides is 1. The maximum absolute atomic E-state index is 13.4. The van der Waals surface area contributed by atoms with E-state index >= 15 is 0 Å². The molecule has 0 bridgehead atoms. The average Bonchev–Trinajstić information content (AvgIpc) is 2.52. The summed E-state index contributed by atoms with van der Waals surface area (Å²) in [5, 5.41) is 11.3. The molecule has 1 amide bonds. The Bertz CT molecular complexity index is 1040. The SMILES string of the molecule is O=C(O)NC(Cc1cc(F)cc(F)c1)c1nc2nc(Cl)ccc2c(=O)o1. The molecule has 1 atom stereocenters. The van der Waals surface area contributed by atoms with E-state index in [0.29, 0.717) is 6.07 Å². The van der Waals surface area contributed by atoms with E-state index in [1.54, 1.807) is 0 Å². The van der Waals surface area contributed by atoms with Gasteiger partial charge >= 0.3 is 11.7 Å². The Morgan fingerprint density at radius 1 is 1.23 bits per heavy atom. The number of carbonyl (C=O) groups is 1. The van der Waals surface area contributed by atoms with Crippen molar-refractivity contribution in [3.63, 3.8) is 0 Å². The third kappa shape index (κ3) is 3.94. The van der Waals surface area contributed by atoms with Crippen molar-refractivity contribution in [1.82, 2.24) is 15.3 Å². The van der Waals surface area contributed by atoms with Gasteiger partial charge in [0.05, 0.1) is 0 Å². The van der Waals surface area contributed by atoms with Crippen LogP contribution >= 0.6 is 11.6 Å². The molecule has 0 radical (unpaired) electrons. The molecule has 0 saturated heterocycles. The summed E-state index contributed by atoms with van der Waals surface area (Å²) >= 11 is 5.78. The summed E-state index contributed by atoms with van der Waals surface area (Å²) in [7, 11) is 0. The highest BCUT2D eigenvalue weighted by Gasteiger charge is 2.22. The molecular weight excluding hydrogens is 372 g/mol. The predicted octanol–water partition coefficient (Wildman–Crippen LogP) is 3.07. The zero-order valence-corrected chi connectivity index (χ0v) is 13.6. The summed E-state index contributed by atoms with van der Waals surface area (Å²) < 4.78 is 31.8. The minimum absolute atomic E-state index is 0.0358. The van der Waals surface area contributed by atoms with Crippen molar-refractivity contribution in [1.29, 1.82) is 0 Å². The Morgan fingerprint density at radius 2 is 1.92 bits per heavy atom. The van der Waals surface area contributed by atoms with Crippen molar-refractivity contribution in [2.24, 2.45) is 0 Å². The summed E-state index contributed by atoms with van der Waals surface area (Å²) in [5.74, 6) is -1.95. The van der Waals surface area contributed by atoms with Gasteiger partial charge in [0.2, 0.25) is 5.89 Å². The Morgan fingerprint density at radius 3 is 2.58 bits per heavy atom. The molecule has 3 aromatic rings. The number of rotatable bonds is 4. The fraction of sp³-hybridized carbons (Fsp3) is 0.125. The second-order valence-corrected chi connectivity index (χ2v) is 5.72. The first-order chi connectivity index (χ1) is 12.3. The molecule has 2 N–H and O–H groups in total. The van der Waals surface area contributed by atoms with Crippen LogP contribution in [0.4, 0.5) is 13.6 Å². The first-order valence-electron chi connectivity index (χ1n) is 7.23. The van der Waals surface area contributed by atoms with Gasteiger partial charge in [0.1, 0.15) is 28.2 Å². The number of pyridine rings is 1. The minimum Gasteiger partial charge on any atom is -0.465 e. The van der Waals surface area contributed by atoms with Crippen LogP contribution in [0.1, 0.15) is 17.5 Å². The van der Waals surface area contributed by atoms with E-state index in [1.807, 2.05) is 0 Å². The number of aromatic nitrogens is 2. The summed E-state index contributed by atoms with van der Waals surface area (Å²) in [6.07, 6.45) is -1.64. The number of carboxylic acid groups (broad SMARTS) is 1. The number of fused-ring (bicyclic) bond motifs is 1. The Balaban J connectivity index is 2.06. The summed E-state index contributed by atoms with van der Waals surface area (Å²) in [4.78, 5) is 31.1. The molecule has 2 aromatic heterocycles. The van der Waals surface area contributed by atoms with E-state index in [-0.39, 0.29) is 34.1 Å². The van der Waals surface area contributed by atoms with Gasteiger partial charge in [-0.1, -0.05) is 11.6 Å². The standard InChI is InChI=1S/C16H10ClF2N3O4/c17-12-2-1-10-13(21-12)22-14(26-15(10)23)11(20-16(24)25)5-7-3-8(18)6-9(19)4-7/h1-4,6,11,20H,5H2,(H,24,25). The van der Waals surface area contributed by atoms with Gasteiger partial charge < -0.3 is 14.8 Å². The lowest BCUT2D eigenvalue weighted by Gasteiger charge is -2.15. The fourth-order valence-corrected chi connectivity index (χ4v) is 2.55. The molecule has 26 heavy (non-hydrogen) atoms. The molecule has 0 aliphatic carbocycles. The van der Waals surface area contributed by atoms with Gasteiger partial charge in [0, 0.05) is 12.5 Å². The van der Waals surface area contributed by atoms with E-state index in [0.717, 1.165) is 12.1 Å². The second kappa shape index (κ2) is 7.04. The zero-order valence-electron chi connectivity index (χ0n) is 12.9. The highest BCUT2D eigenvalue weighted by atomic mass is 35.5. The summed E-state index contributed by atoms with van der Waals surface area (Å²) in [6.45, 7) is 0. The lowest BCUT2D eigenvalue weighted by atomic mass is 10.1. The van der Waals surface area contributed by atoms with E-state index in [4.69, 9.17) is 21.1 Å². The van der Waals surface area contributed by atoms with Gasteiger partial charge in [-0.05, 0) is 29.8 Å². The molecule has 0 spiro atoms. The van der Waals surface area contributed by atoms with Crippen LogP contribution in [0.3, 0.4) is 0 Å². The second-order valence-electron chi connectivity index (χ2n) is 5.33. The average molecular weight is 382 g/mol. The normalized spacial score (nSPS) is 12.1. The molecule has 1 aromatic carbocycles. The first-order valence-corrected chi connectivity index (χ1v) is 7.61. The number of nitrogens with one attached hydrogen (secondary N) is 1. The lowest BCUT2D eigenvalue weighted by molar-refractivity contribution is 0.186. The third-order valence-electron chi connectivity index (χ3n) is 3.43. The molecule has 1 unspecified atom stereocenters. The van der Waals surface area contributed by atoms with Crippen molar-refractivity contribution in [3.8, 4) is 0 Å². The van der Waals surface area contributed by atoms with Crippen molar-refractivity contribution < 1.29 is 23.1 Å². The Labute approximate surface area is 149 Å². The Hall–Kier alpha value is -3.07. The maximum atomic E-state index is 13.4. The molecule has 0 aliphatic rings. The van der Waals surface area contributed by atoms with E-state index in [9.17, 15) is 18.4 Å². The monoisotopic (exact) mass is 381 g/mol. The summed E-state index contributed by atoms with van der Waals surface area (Å²) in [6, 6.07) is 4.33. The van der Waals surface area contributed by atoms with Crippen LogP contribution in [0.15, 0.2) is 39.5 Å². The van der Waals surface area contributed by atoms with Crippen LogP contribution in [0, 0.1) is 11.6 Å². The molecule has 7 nitrogen and oxygen atoms in total. The molecule has 134 valence electrons. The molecule has 10 heteroatoms.